The van der Waals surface area contributed by atoms with Crippen molar-refractivity contribution in [1.82, 2.24) is 5.32 Å². The Hall–Kier alpha value is -2.82. The summed E-state index contributed by atoms with van der Waals surface area (Å²) >= 11 is 0. The number of nitrogens with two attached hydrogens (primary N) is 1. The smallest absolute Gasteiger partial charge is 0.259 e. The van der Waals surface area contributed by atoms with Crippen LogP contribution in [0.15, 0.2) is 48.5 Å². The van der Waals surface area contributed by atoms with Crippen molar-refractivity contribution < 1.29 is 14.3 Å². The highest BCUT2D eigenvalue weighted by atomic mass is 16.5. The van der Waals surface area contributed by atoms with Gasteiger partial charge in [-0.1, -0.05) is 56.3 Å². The molecule has 2 amide bonds. The van der Waals surface area contributed by atoms with Crippen molar-refractivity contribution in [3.63, 3.8) is 0 Å². The summed E-state index contributed by atoms with van der Waals surface area (Å²) in [5, 5.41) is 2.70. The van der Waals surface area contributed by atoms with E-state index in [1.165, 1.54) is 0 Å². The van der Waals surface area contributed by atoms with Crippen molar-refractivity contribution in [3.05, 3.63) is 65.2 Å². The second kappa shape index (κ2) is 8.04. The van der Waals surface area contributed by atoms with Gasteiger partial charge in [0.1, 0.15) is 11.3 Å². The fourth-order valence-electron chi connectivity index (χ4n) is 2.75. The number of amides is 2. The van der Waals surface area contributed by atoms with Gasteiger partial charge in [-0.3, -0.25) is 9.59 Å². The molecule has 0 heterocycles. The van der Waals surface area contributed by atoms with Gasteiger partial charge in [-0.2, -0.15) is 0 Å². The molecule has 138 valence electrons. The van der Waals surface area contributed by atoms with Crippen molar-refractivity contribution in [2.75, 3.05) is 6.61 Å². The van der Waals surface area contributed by atoms with Crippen LogP contribution in [0.1, 0.15) is 43.4 Å². The molecule has 0 saturated heterocycles. The summed E-state index contributed by atoms with van der Waals surface area (Å²) in [5.74, 6) is -0.0913. The molecule has 2 aromatic carbocycles. The number of aryl methyl sites for hydroxylation is 1. The minimum Gasteiger partial charge on any atom is -0.483 e. The van der Waals surface area contributed by atoms with E-state index in [2.05, 4.69) is 19.2 Å². The van der Waals surface area contributed by atoms with Crippen LogP contribution in [-0.2, 0) is 15.1 Å². The number of hydrogen-bond donors (Lipinski definition) is 2. The maximum absolute atomic E-state index is 12.4. The largest absolute Gasteiger partial charge is 0.483 e. The highest BCUT2D eigenvalue weighted by Crippen LogP contribution is 2.27. The molecule has 0 spiro atoms. The lowest BCUT2D eigenvalue weighted by atomic mass is 9.91. The van der Waals surface area contributed by atoms with E-state index in [1.807, 2.05) is 31.2 Å². The number of rotatable bonds is 7. The molecule has 0 radical (unpaired) electrons. The van der Waals surface area contributed by atoms with E-state index < -0.39 is 17.4 Å². The molecule has 0 aromatic heterocycles. The van der Waals surface area contributed by atoms with E-state index >= 15 is 0 Å². The zero-order valence-electron chi connectivity index (χ0n) is 15.7. The number of carbonyl (C=O) groups excluding carboxylic acids is 2. The van der Waals surface area contributed by atoms with E-state index in [1.54, 1.807) is 31.2 Å². The van der Waals surface area contributed by atoms with Crippen LogP contribution in [0.4, 0.5) is 0 Å². The average Bonchev–Trinajstić information content (AvgIpc) is 2.60. The predicted molar refractivity (Wildman–Crippen MR) is 102 cm³/mol. The van der Waals surface area contributed by atoms with Crippen LogP contribution in [0, 0.1) is 6.92 Å². The highest BCUT2D eigenvalue weighted by Gasteiger charge is 2.34. The van der Waals surface area contributed by atoms with Gasteiger partial charge in [-0.15, -0.1) is 0 Å². The minimum absolute atomic E-state index is 0.196. The minimum atomic E-state index is -1.30. The van der Waals surface area contributed by atoms with E-state index in [0.717, 1.165) is 11.1 Å². The fraction of sp³-hybridized carbons (Fsp3) is 0.333. The maximum Gasteiger partial charge on any atom is 0.259 e. The molecule has 5 heteroatoms. The average molecular weight is 354 g/mol. The van der Waals surface area contributed by atoms with Gasteiger partial charge >= 0.3 is 0 Å². The number of benzene rings is 2. The van der Waals surface area contributed by atoms with E-state index in [0.29, 0.717) is 11.3 Å². The maximum atomic E-state index is 12.4. The van der Waals surface area contributed by atoms with Gasteiger partial charge in [0.15, 0.2) is 6.61 Å². The standard InChI is InChI=1S/C21H26N2O3/c1-14(2)17-11-10-15(3)12-18(17)26-13-19(24)23-21(4,20(22)25)16-8-6-5-7-9-16/h5-12,14H,13H2,1-4H3,(H2,22,25)(H,23,24). The molecule has 1 unspecified atom stereocenters. The van der Waals surface area contributed by atoms with Crippen LogP contribution in [0.3, 0.4) is 0 Å². The van der Waals surface area contributed by atoms with Crippen molar-refractivity contribution in [2.45, 2.75) is 39.2 Å². The van der Waals surface area contributed by atoms with Crippen LogP contribution in [-0.4, -0.2) is 18.4 Å². The van der Waals surface area contributed by atoms with Gasteiger partial charge < -0.3 is 15.8 Å². The van der Waals surface area contributed by atoms with Gasteiger partial charge in [0.25, 0.3) is 5.91 Å². The Labute approximate surface area is 154 Å². The van der Waals surface area contributed by atoms with Crippen molar-refractivity contribution in [2.24, 2.45) is 5.73 Å². The van der Waals surface area contributed by atoms with E-state index in [-0.39, 0.29) is 12.5 Å². The molecule has 0 bridgehead atoms. The number of ether oxygens (including phenoxy) is 1. The number of nitrogens with one attached hydrogen (secondary N) is 1. The molecular formula is C21H26N2O3. The van der Waals surface area contributed by atoms with Crippen LogP contribution in [0.2, 0.25) is 0 Å². The Bertz CT molecular complexity index is 787. The Balaban J connectivity index is 2.13. The molecule has 0 aliphatic rings. The zero-order valence-corrected chi connectivity index (χ0v) is 15.7. The molecule has 5 nitrogen and oxygen atoms in total. The molecule has 0 aliphatic carbocycles. The summed E-state index contributed by atoms with van der Waals surface area (Å²) < 4.78 is 5.74. The molecular weight excluding hydrogens is 328 g/mol. The van der Waals surface area contributed by atoms with E-state index in [9.17, 15) is 9.59 Å². The van der Waals surface area contributed by atoms with Crippen LogP contribution in [0.25, 0.3) is 0 Å². The topological polar surface area (TPSA) is 81.4 Å². The lowest BCUT2D eigenvalue weighted by molar-refractivity contribution is -0.132. The van der Waals surface area contributed by atoms with Crippen molar-refractivity contribution in [3.8, 4) is 5.75 Å². The zero-order chi connectivity index (χ0) is 19.3. The Morgan fingerprint density at radius 1 is 1.15 bits per heavy atom. The SMILES string of the molecule is Cc1ccc(C(C)C)c(OCC(=O)NC(C)(C(N)=O)c2ccccc2)c1. The third-order valence-electron chi connectivity index (χ3n) is 4.38. The summed E-state index contributed by atoms with van der Waals surface area (Å²) in [7, 11) is 0. The highest BCUT2D eigenvalue weighted by molar-refractivity contribution is 5.91. The van der Waals surface area contributed by atoms with Crippen molar-refractivity contribution >= 4 is 11.8 Å². The first-order valence-electron chi connectivity index (χ1n) is 8.64. The van der Waals surface area contributed by atoms with Gasteiger partial charge in [0, 0.05) is 0 Å². The summed E-state index contributed by atoms with van der Waals surface area (Å²) in [6.45, 7) is 7.50. The van der Waals surface area contributed by atoms with Gasteiger partial charge in [0.05, 0.1) is 0 Å². The van der Waals surface area contributed by atoms with E-state index in [4.69, 9.17) is 10.5 Å². The predicted octanol–water partition coefficient (Wildman–Crippen LogP) is 3.01. The Morgan fingerprint density at radius 2 is 1.81 bits per heavy atom. The lowest BCUT2D eigenvalue weighted by Crippen LogP contribution is -2.53. The van der Waals surface area contributed by atoms with Crippen LogP contribution in [0.5, 0.6) is 5.75 Å². The third-order valence-corrected chi connectivity index (χ3v) is 4.38. The molecule has 1 atom stereocenters. The van der Waals surface area contributed by atoms with Gasteiger partial charge in [-0.25, -0.2) is 0 Å². The quantitative estimate of drug-likeness (QED) is 0.802. The molecule has 3 N–H and O–H groups in total. The second-order valence-corrected chi connectivity index (χ2v) is 6.89. The van der Waals surface area contributed by atoms with Crippen molar-refractivity contribution in [1.29, 1.82) is 0 Å². The van der Waals surface area contributed by atoms with Gasteiger partial charge in [0.2, 0.25) is 5.91 Å². The Morgan fingerprint density at radius 3 is 2.38 bits per heavy atom. The number of carbonyl (C=O) groups is 2. The van der Waals surface area contributed by atoms with Crippen LogP contribution < -0.4 is 15.8 Å². The molecule has 0 fully saturated rings. The summed E-state index contributed by atoms with van der Waals surface area (Å²) in [6.07, 6.45) is 0. The normalized spacial score (nSPS) is 13.1. The first-order valence-corrected chi connectivity index (χ1v) is 8.64. The third kappa shape index (κ3) is 4.42. The first-order chi connectivity index (χ1) is 12.2. The Kier molecular flexibility index (Phi) is 6.03. The lowest BCUT2D eigenvalue weighted by Gasteiger charge is -2.28. The number of hydrogen-bond acceptors (Lipinski definition) is 3. The monoisotopic (exact) mass is 354 g/mol. The molecule has 0 saturated carbocycles. The summed E-state index contributed by atoms with van der Waals surface area (Å²) in [5.41, 5.74) is 6.96. The molecule has 26 heavy (non-hydrogen) atoms. The second-order valence-electron chi connectivity index (χ2n) is 6.89. The molecule has 2 rings (SSSR count). The molecule has 0 aliphatic heterocycles. The summed E-state index contributed by atoms with van der Waals surface area (Å²) in [6, 6.07) is 14.9. The van der Waals surface area contributed by atoms with Gasteiger partial charge in [-0.05, 0) is 42.5 Å². The number of primary amides is 1. The summed E-state index contributed by atoms with van der Waals surface area (Å²) in [4.78, 5) is 24.4. The fourth-order valence-corrected chi connectivity index (χ4v) is 2.75. The van der Waals surface area contributed by atoms with Crippen LogP contribution >= 0.6 is 0 Å². The molecule has 2 aromatic rings. The first kappa shape index (κ1) is 19.5.